The van der Waals surface area contributed by atoms with Crippen molar-refractivity contribution in [2.75, 3.05) is 0 Å². The van der Waals surface area contributed by atoms with Gasteiger partial charge >= 0.3 is 0 Å². The molecule has 0 aliphatic carbocycles. The van der Waals surface area contributed by atoms with Crippen LogP contribution in [0.2, 0.25) is 0 Å². The first-order valence-electron chi connectivity index (χ1n) is 10.9. The Morgan fingerprint density at radius 3 is 2.36 bits per heavy atom. The van der Waals surface area contributed by atoms with E-state index >= 15 is 0 Å². The number of ether oxygens (including phenoxy) is 2. The van der Waals surface area contributed by atoms with Crippen LogP contribution >= 0.6 is 24.8 Å². The number of pyridine rings is 1. The van der Waals surface area contributed by atoms with Crippen LogP contribution in [0.5, 0.6) is 11.5 Å². The van der Waals surface area contributed by atoms with E-state index < -0.39 is 0 Å². The van der Waals surface area contributed by atoms with Crippen LogP contribution in [0, 0.1) is 0 Å². The number of halogens is 2. The van der Waals surface area contributed by atoms with Crippen LogP contribution < -0.4 is 9.47 Å². The van der Waals surface area contributed by atoms with Gasteiger partial charge < -0.3 is 9.47 Å². The van der Waals surface area contributed by atoms with E-state index in [2.05, 4.69) is 63.0 Å². The number of nitrogens with zero attached hydrogens (tertiary/aromatic N) is 2. The fourth-order valence-electron chi connectivity index (χ4n) is 4.62. The maximum absolute atomic E-state index is 6.42. The van der Waals surface area contributed by atoms with Gasteiger partial charge in [0, 0.05) is 29.3 Å². The summed E-state index contributed by atoms with van der Waals surface area (Å²) in [6.45, 7) is 9.07. The Balaban J connectivity index is 0.00000153. The second kappa shape index (κ2) is 9.36. The van der Waals surface area contributed by atoms with Crippen molar-refractivity contribution in [2.24, 2.45) is 4.99 Å². The highest BCUT2D eigenvalue weighted by Crippen LogP contribution is 2.48. The Kier molecular flexibility index (Phi) is 7.11. The molecule has 0 amide bonds. The summed E-state index contributed by atoms with van der Waals surface area (Å²) in [5, 5.41) is 0. The highest BCUT2D eigenvalue weighted by molar-refractivity contribution is 6.16. The summed E-state index contributed by atoms with van der Waals surface area (Å²) in [6.07, 6.45) is 3.49. The smallest absolute Gasteiger partial charge is 0.166 e. The molecule has 0 spiro atoms. The van der Waals surface area contributed by atoms with E-state index in [9.17, 15) is 0 Å². The van der Waals surface area contributed by atoms with Crippen molar-refractivity contribution < 1.29 is 9.47 Å². The highest BCUT2D eigenvalue weighted by atomic mass is 35.5. The van der Waals surface area contributed by atoms with Crippen LogP contribution in [-0.4, -0.2) is 21.8 Å². The van der Waals surface area contributed by atoms with Gasteiger partial charge in [0.2, 0.25) is 0 Å². The molecule has 6 heteroatoms. The number of hydrogen-bond acceptors (Lipinski definition) is 4. The maximum atomic E-state index is 6.42. The minimum absolute atomic E-state index is 0. The quantitative estimate of drug-likeness (QED) is 0.430. The minimum atomic E-state index is -0.282. The first kappa shape index (κ1) is 25.1. The Bertz CT molecular complexity index is 1160. The van der Waals surface area contributed by atoms with E-state index in [1.807, 2.05) is 24.3 Å². The molecule has 2 aliphatic rings. The Hall–Kier alpha value is -2.56. The number of benzene rings is 2. The summed E-state index contributed by atoms with van der Waals surface area (Å²) in [5.74, 6) is 1.65. The Morgan fingerprint density at radius 2 is 1.67 bits per heavy atom. The summed E-state index contributed by atoms with van der Waals surface area (Å²) in [5.41, 5.74) is 6.34. The van der Waals surface area contributed by atoms with Crippen LogP contribution in [0.3, 0.4) is 0 Å². The molecule has 3 heterocycles. The van der Waals surface area contributed by atoms with Gasteiger partial charge in [0.25, 0.3) is 0 Å². The van der Waals surface area contributed by atoms with Gasteiger partial charge in [-0.3, -0.25) is 9.98 Å². The molecular formula is C27H30Cl2N2O2. The van der Waals surface area contributed by atoms with Crippen molar-refractivity contribution >= 4 is 30.5 Å². The third kappa shape index (κ3) is 5.02. The van der Waals surface area contributed by atoms with Gasteiger partial charge in [-0.25, -0.2) is 0 Å². The fourth-order valence-corrected chi connectivity index (χ4v) is 4.62. The number of fused-ring (bicyclic) bond motifs is 3. The molecule has 174 valence electrons. The number of aliphatic imine (C=N–C) groups is 1. The van der Waals surface area contributed by atoms with Crippen LogP contribution in [0.4, 0.5) is 0 Å². The monoisotopic (exact) mass is 484 g/mol. The first-order valence-corrected chi connectivity index (χ1v) is 10.9. The average Bonchev–Trinajstić information content (AvgIpc) is 3.07. The van der Waals surface area contributed by atoms with Crippen LogP contribution in [0.25, 0.3) is 0 Å². The van der Waals surface area contributed by atoms with E-state index in [4.69, 9.17) is 14.5 Å². The van der Waals surface area contributed by atoms with Gasteiger partial charge in [0.15, 0.2) is 11.5 Å². The number of aromatic nitrogens is 1. The zero-order chi connectivity index (χ0) is 21.6. The third-order valence-corrected chi connectivity index (χ3v) is 5.83. The largest absolute Gasteiger partial charge is 0.483 e. The van der Waals surface area contributed by atoms with Crippen molar-refractivity contribution in [1.29, 1.82) is 0 Å². The lowest BCUT2D eigenvalue weighted by Crippen LogP contribution is -2.30. The zero-order valence-corrected chi connectivity index (χ0v) is 21.1. The molecule has 0 saturated heterocycles. The first-order chi connectivity index (χ1) is 14.8. The molecule has 0 saturated carbocycles. The van der Waals surface area contributed by atoms with Crippen molar-refractivity contribution in [3.8, 4) is 11.5 Å². The summed E-state index contributed by atoms with van der Waals surface area (Å²) >= 11 is 0. The van der Waals surface area contributed by atoms with Gasteiger partial charge in [-0.15, -0.1) is 24.8 Å². The van der Waals surface area contributed by atoms with Gasteiger partial charge in [-0.2, -0.15) is 0 Å². The maximum Gasteiger partial charge on any atom is 0.166 e. The van der Waals surface area contributed by atoms with E-state index in [0.717, 1.165) is 41.3 Å². The highest BCUT2D eigenvalue weighted by Gasteiger charge is 2.39. The van der Waals surface area contributed by atoms with Crippen molar-refractivity contribution in [3.63, 3.8) is 0 Å². The topological polar surface area (TPSA) is 43.7 Å². The van der Waals surface area contributed by atoms with E-state index in [1.165, 1.54) is 16.7 Å². The average molecular weight is 485 g/mol. The molecule has 3 aromatic rings. The molecule has 2 aliphatic heterocycles. The van der Waals surface area contributed by atoms with Crippen LogP contribution in [0.1, 0.15) is 55.6 Å². The normalized spacial score (nSPS) is 16.8. The van der Waals surface area contributed by atoms with E-state index in [-0.39, 0.29) is 36.0 Å². The molecule has 0 unspecified atom stereocenters. The minimum Gasteiger partial charge on any atom is -0.483 e. The van der Waals surface area contributed by atoms with Gasteiger partial charge in [0.1, 0.15) is 12.2 Å². The molecular weight excluding hydrogens is 455 g/mol. The van der Waals surface area contributed by atoms with Crippen LogP contribution in [0.15, 0.2) is 65.8 Å². The van der Waals surface area contributed by atoms with E-state index in [1.54, 1.807) is 6.20 Å². The van der Waals surface area contributed by atoms with Gasteiger partial charge in [0.05, 0.1) is 16.9 Å². The molecule has 0 fully saturated rings. The fraction of sp³-hybridized carbons (Fsp3) is 0.333. The summed E-state index contributed by atoms with van der Waals surface area (Å²) < 4.78 is 12.7. The van der Waals surface area contributed by atoms with Gasteiger partial charge in [-0.05, 0) is 57.9 Å². The summed E-state index contributed by atoms with van der Waals surface area (Å²) in [7, 11) is 0. The lowest BCUT2D eigenvalue weighted by molar-refractivity contribution is 0.131. The second-order valence-electron chi connectivity index (χ2n) is 9.68. The van der Waals surface area contributed by atoms with Crippen molar-refractivity contribution in [3.05, 3.63) is 88.7 Å². The van der Waals surface area contributed by atoms with E-state index in [0.29, 0.717) is 6.61 Å². The van der Waals surface area contributed by atoms with Gasteiger partial charge in [-0.1, -0.05) is 36.4 Å². The molecule has 0 radical (unpaired) electrons. The number of hydrogen-bond donors (Lipinski definition) is 0. The number of rotatable bonds is 4. The molecule has 0 atom stereocenters. The molecule has 2 aromatic carbocycles. The molecule has 0 bridgehead atoms. The third-order valence-electron chi connectivity index (χ3n) is 5.83. The standard InChI is InChI=1S/C27H28N2O2.2ClH/c1-26(2)15-19-14-22(30-17-20-12-8-9-13-28-20)25-21(16-27(3,4)31-25)23(19)24(29-26)18-10-6-5-7-11-18;;/h5-14H,15-17H2,1-4H3;2*1H. The zero-order valence-electron chi connectivity index (χ0n) is 19.4. The summed E-state index contributed by atoms with van der Waals surface area (Å²) in [6, 6.07) is 18.5. The Morgan fingerprint density at radius 1 is 0.939 bits per heavy atom. The van der Waals surface area contributed by atoms with Crippen LogP contribution in [-0.2, 0) is 19.4 Å². The molecule has 0 N–H and O–H groups in total. The lowest BCUT2D eigenvalue weighted by atomic mass is 9.81. The second-order valence-corrected chi connectivity index (χ2v) is 9.68. The SMILES string of the molecule is CC1(C)Cc2cc(OCc3ccccn3)c3c(c2C(c2ccccc2)=N1)CC(C)(C)O3.Cl.Cl. The molecule has 33 heavy (non-hydrogen) atoms. The lowest BCUT2D eigenvalue weighted by Gasteiger charge is -2.31. The Labute approximate surface area is 208 Å². The predicted octanol–water partition coefficient (Wildman–Crippen LogP) is 6.39. The molecule has 1 aromatic heterocycles. The molecule has 5 rings (SSSR count). The predicted molar refractivity (Wildman–Crippen MR) is 138 cm³/mol. The van der Waals surface area contributed by atoms with Crippen molar-refractivity contribution in [2.45, 2.75) is 58.3 Å². The summed E-state index contributed by atoms with van der Waals surface area (Å²) in [4.78, 5) is 9.58. The molecule has 4 nitrogen and oxygen atoms in total. The van der Waals surface area contributed by atoms with Crippen molar-refractivity contribution in [1.82, 2.24) is 4.98 Å².